The molecule has 548 valence electrons. The first kappa shape index (κ1) is 79.4. The van der Waals surface area contributed by atoms with Gasteiger partial charge in [0.2, 0.25) is 0 Å². The molecule has 0 saturated carbocycles. The minimum Gasteiger partial charge on any atom is -0.456 e. The van der Waals surface area contributed by atoms with Crippen molar-refractivity contribution in [3.05, 3.63) is 42.0 Å². The lowest BCUT2D eigenvalue weighted by Gasteiger charge is -2.51. The molecule has 0 radical (unpaired) electrons. The van der Waals surface area contributed by atoms with Crippen LogP contribution in [0, 0.1) is 5.92 Å². The van der Waals surface area contributed by atoms with Gasteiger partial charge in [-0.3, -0.25) is 14.4 Å². The molecule has 6 saturated heterocycles. The van der Waals surface area contributed by atoms with Gasteiger partial charge in [-0.2, -0.15) is 0 Å². The van der Waals surface area contributed by atoms with Gasteiger partial charge >= 0.3 is 23.9 Å². The van der Waals surface area contributed by atoms with Crippen molar-refractivity contribution in [1.82, 2.24) is 0 Å². The highest BCUT2D eigenvalue weighted by Crippen LogP contribution is 2.40. The molecule has 0 aromatic heterocycles. The smallest absolute Gasteiger partial charge is 0.331 e. The molecule has 0 spiro atoms. The summed E-state index contributed by atoms with van der Waals surface area (Å²) in [6.45, 7) is 12.9. The van der Waals surface area contributed by atoms with E-state index in [0.717, 1.165) is 89.5 Å². The van der Waals surface area contributed by atoms with E-state index in [-0.39, 0.29) is 18.9 Å². The van der Waals surface area contributed by atoms with Gasteiger partial charge in [0.15, 0.2) is 55.9 Å². The molecule has 6 aliphatic heterocycles. The van der Waals surface area contributed by atoms with Gasteiger partial charge in [-0.15, -0.1) is 0 Å². The molecule has 96 heavy (non-hydrogen) atoms. The summed E-state index contributed by atoms with van der Waals surface area (Å²) >= 11 is 0. The average Bonchev–Trinajstić information content (AvgIpc) is 0.769. The molecule has 0 aliphatic carbocycles. The molecule has 6 aliphatic rings. The van der Waals surface area contributed by atoms with Gasteiger partial charge in [-0.25, -0.2) is 4.79 Å². The summed E-state index contributed by atoms with van der Waals surface area (Å²) in [6.07, 6.45) is -22.5. The Morgan fingerprint density at radius 3 is 1.82 bits per heavy atom. The third kappa shape index (κ3) is 22.3. The van der Waals surface area contributed by atoms with Crippen LogP contribution in [0.15, 0.2) is 36.4 Å². The minimum atomic E-state index is -1.96. The van der Waals surface area contributed by atoms with Crippen molar-refractivity contribution in [2.45, 2.75) is 356 Å². The van der Waals surface area contributed by atoms with Crippen LogP contribution in [0.4, 0.5) is 0 Å². The van der Waals surface area contributed by atoms with Gasteiger partial charge in [-0.1, -0.05) is 154 Å². The van der Waals surface area contributed by atoms with E-state index in [1.54, 1.807) is 44.2 Å². The fourth-order valence-corrected chi connectivity index (χ4v) is 13.0. The number of aliphatic hydroxyl groups excluding tert-OH is 8. The standard InChI is InChI=1S/C70H112O26/c1-9-12-14-15-17-21-29-35-48(73)91-64-63(96-66-54(79)52(77)50(75)40(5)83-66)59(94-68-62(90-49(74)37-36-44-30-25-23-26-31-44)55(80)57(41(6)85-68)92-65(82)39(4)11-3)43(8)86-70(64)93-58-42(7)84-67-56(81)60(58)89-47(72)34-28-22-19-16-18-20-27-33-45(32-24-13-10-2)87-69-61(95-67)53(78)51(76)46(38-71)88-69/h23,25-26,30-31,36-37,39-43,45-46,50-64,66-71,75-81H,9-22,24,27-29,32-35,38H2,1-8H3/b37-36+/t39-,40-,41-,42-,43-,45-,46+,50-,51+,52+,53-,54+,55+,56+,57-,58-,59-,60-,61+,62+,63+,64+,66-,67-,68-,69+,70-/m0/s1. The van der Waals surface area contributed by atoms with Crippen LogP contribution >= 0.6 is 0 Å². The lowest BCUT2D eigenvalue weighted by molar-refractivity contribution is -0.400. The summed E-state index contributed by atoms with van der Waals surface area (Å²) < 4.78 is 89.6. The number of esters is 4. The second-order valence-corrected chi connectivity index (χ2v) is 26.8. The number of rotatable bonds is 26. The summed E-state index contributed by atoms with van der Waals surface area (Å²) in [5.41, 5.74) is 0.638. The SMILES string of the molecule is CCCCCCCCCC(=O)O[C@H]1[C@H](O[C@@H]2[C@H]3OC(=O)CCCCCCCCC[C@H](CCCCC)O[C@@H]4O[C@H](CO)[C@@H](O)[C@H](O)[C@H]4O[C@H](O[C@H]2C)[C@@H]3O)O[C@@H](C)[C@H](O[C@@H]2O[C@@H](C)[C@H](OC(=O)[C@@H](C)CC)[C@@H](O)[C@H]2OC(=O)/C=C/c2ccccc2)[C@H]1O[C@@H]1O[C@@H](C)[C@H](O)[C@@H](O)[C@H]1O. The topological polar surface area (TPSA) is 359 Å². The first-order valence-electron chi connectivity index (χ1n) is 35.5. The van der Waals surface area contributed by atoms with Crippen molar-refractivity contribution in [2.75, 3.05) is 6.61 Å². The molecule has 7 rings (SSSR count). The molecule has 0 amide bonds. The van der Waals surface area contributed by atoms with Crippen LogP contribution in [0.3, 0.4) is 0 Å². The molecule has 27 atom stereocenters. The fourth-order valence-electron chi connectivity index (χ4n) is 13.0. The third-order valence-electron chi connectivity index (χ3n) is 19.1. The number of benzene rings is 1. The number of aliphatic hydroxyl groups is 8. The molecule has 2 bridgehead atoms. The van der Waals surface area contributed by atoms with E-state index in [2.05, 4.69) is 13.8 Å². The van der Waals surface area contributed by atoms with E-state index < -0.39 is 190 Å². The lowest BCUT2D eigenvalue weighted by atomic mass is 9.95. The number of carbonyl (C=O) groups is 4. The molecular weight excluding hydrogens is 1260 g/mol. The third-order valence-corrected chi connectivity index (χ3v) is 19.1. The highest BCUT2D eigenvalue weighted by molar-refractivity contribution is 5.87. The number of carbonyl (C=O) groups excluding carboxylic acids is 4. The Hall–Kier alpha value is -3.88. The maximum absolute atomic E-state index is 14.6. The van der Waals surface area contributed by atoms with Crippen LogP contribution in [0.5, 0.6) is 0 Å². The quantitative estimate of drug-likeness (QED) is 0.0235. The second kappa shape index (κ2) is 39.9. The minimum absolute atomic E-state index is 0.0688. The van der Waals surface area contributed by atoms with Crippen LogP contribution < -0.4 is 0 Å². The predicted octanol–water partition coefficient (Wildman–Crippen LogP) is 5.79. The lowest BCUT2D eigenvalue weighted by Crippen LogP contribution is -2.68. The first-order chi connectivity index (χ1) is 46.1. The number of hydrogen-bond donors (Lipinski definition) is 8. The Balaban J connectivity index is 1.28. The summed E-state index contributed by atoms with van der Waals surface area (Å²) in [6, 6.07) is 8.83. The zero-order valence-corrected chi connectivity index (χ0v) is 57.3. The van der Waals surface area contributed by atoms with Gasteiger partial charge in [0.25, 0.3) is 0 Å². The van der Waals surface area contributed by atoms with E-state index in [1.807, 2.05) is 0 Å². The maximum Gasteiger partial charge on any atom is 0.331 e. The Labute approximate surface area is 565 Å². The van der Waals surface area contributed by atoms with E-state index in [9.17, 15) is 60.0 Å². The highest BCUT2D eigenvalue weighted by Gasteiger charge is 2.59. The summed E-state index contributed by atoms with van der Waals surface area (Å²) in [4.78, 5) is 56.0. The molecule has 6 fully saturated rings. The van der Waals surface area contributed by atoms with Crippen LogP contribution in [0.2, 0.25) is 0 Å². The van der Waals surface area contributed by atoms with Crippen molar-refractivity contribution in [2.24, 2.45) is 5.92 Å². The van der Waals surface area contributed by atoms with Crippen molar-refractivity contribution < 1.29 is 126 Å². The molecule has 1 aromatic carbocycles. The molecule has 26 nitrogen and oxygen atoms in total. The van der Waals surface area contributed by atoms with Gasteiger partial charge in [0, 0.05) is 18.9 Å². The summed E-state index contributed by atoms with van der Waals surface area (Å²) in [5.74, 6) is -3.73. The summed E-state index contributed by atoms with van der Waals surface area (Å²) in [7, 11) is 0. The molecule has 26 heteroatoms. The van der Waals surface area contributed by atoms with E-state index in [0.29, 0.717) is 50.5 Å². The Kier molecular flexibility index (Phi) is 33.1. The maximum atomic E-state index is 14.6. The van der Waals surface area contributed by atoms with Crippen LogP contribution in [-0.4, -0.2) is 231 Å². The van der Waals surface area contributed by atoms with Crippen LogP contribution in [-0.2, 0) is 85.5 Å². The van der Waals surface area contributed by atoms with Crippen molar-refractivity contribution in [3.8, 4) is 0 Å². The predicted molar refractivity (Wildman–Crippen MR) is 342 cm³/mol. The monoisotopic (exact) mass is 1370 g/mol. The van der Waals surface area contributed by atoms with Crippen LogP contribution in [0.25, 0.3) is 6.08 Å². The molecular formula is C70H112O26. The Morgan fingerprint density at radius 1 is 0.531 bits per heavy atom. The van der Waals surface area contributed by atoms with E-state index in [1.165, 1.54) is 33.8 Å². The van der Waals surface area contributed by atoms with Crippen molar-refractivity contribution in [1.29, 1.82) is 0 Å². The largest absolute Gasteiger partial charge is 0.456 e. The zero-order chi connectivity index (χ0) is 69.6. The zero-order valence-electron chi connectivity index (χ0n) is 57.3. The summed E-state index contributed by atoms with van der Waals surface area (Å²) in [5, 5.41) is 92.1. The van der Waals surface area contributed by atoms with Gasteiger partial charge in [0.05, 0.1) is 43.0 Å². The Bertz CT molecular complexity index is 2480. The van der Waals surface area contributed by atoms with Gasteiger partial charge < -0.3 is 107 Å². The molecule has 0 unspecified atom stereocenters. The first-order valence-corrected chi connectivity index (χ1v) is 35.5. The number of unbranched alkanes of at least 4 members (excludes halogenated alkanes) is 8. The van der Waals surface area contributed by atoms with Crippen LogP contribution in [0.1, 0.15) is 202 Å². The number of ether oxygens (including phenoxy) is 14. The molecule has 6 heterocycles. The number of fused-ring (bicyclic) bond motifs is 3. The normalized spacial score (nSPS) is 38.8. The van der Waals surface area contributed by atoms with E-state index in [4.69, 9.17) is 66.3 Å². The molecule has 8 N–H and O–H groups in total. The average molecular weight is 1370 g/mol. The van der Waals surface area contributed by atoms with Gasteiger partial charge in [0.1, 0.15) is 73.2 Å². The van der Waals surface area contributed by atoms with Crippen molar-refractivity contribution >= 4 is 30.0 Å². The van der Waals surface area contributed by atoms with Gasteiger partial charge in [-0.05, 0) is 71.4 Å². The Morgan fingerprint density at radius 2 is 1.14 bits per heavy atom. The molecule has 1 aromatic rings. The van der Waals surface area contributed by atoms with E-state index >= 15 is 0 Å². The second-order valence-electron chi connectivity index (χ2n) is 26.8. The van der Waals surface area contributed by atoms with Crippen molar-refractivity contribution in [3.63, 3.8) is 0 Å². The number of hydrogen-bond acceptors (Lipinski definition) is 26. The highest BCUT2D eigenvalue weighted by atomic mass is 16.8. The fraction of sp³-hybridized carbons (Fsp3) is 0.829.